The molecule has 13 heavy (non-hydrogen) atoms. The summed E-state index contributed by atoms with van der Waals surface area (Å²) in [6.45, 7) is 1.76. The Labute approximate surface area is 76.6 Å². The van der Waals surface area contributed by atoms with Crippen molar-refractivity contribution >= 4 is 0 Å². The number of aryl methyl sites for hydroxylation is 2. The molecule has 0 fully saturated rings. The van der Waals surface area contributed by atoms with E-state index >= 15 is 0 Å². The van der Waals surface area contributed by atoms with Crippen LogP contribution in [0.1, 0.15) is 29.5 Å². The van der Waals surface area contributed by atoms with Crippen molar-refractivity contribution in [2.75, 3.05) is 0 Å². The van der Waals surface area contributed by atoms with Crippen molar-refractivity contribution in [2.24, 2.45) is 0 Å². The first-order chi connectivity index (χ1) is 6.11. The summed E-state index contributed by atoms with van der Waals surface area (Å²) in [5.41, 5.74) is 1.83. The van der Waals surface area contributed by atoms with E-state index in [1.165, 1.54) is 0 Å². The van der Waals surface area contributed by atoms with Gasteiger partial charge in [-0.2, -0.15) is 0 Å². The van der Waals surface area contributed by atoms with Gasteiger partial charge in [0.25, 0.3) is 5.92 Å². The molecule has 0 radical (unpaired) electrons. The Morgan fingerprint density at radius 1 is 1.31 bits per heavy atom. The summed E-state index contributed by atoms with van der Waals surface area (Å²) in [4.78, 5) is 0. The topological polar surface area (TPSA) is 0 Å². The second-order valence-corrected chi connectivity index (χ2v) is 3.67. The van der Waals surface area contributed by atoms with Crippen LogP contribution in [0.2, 0.25) is 0 Å². The molecule has 0 amide bonds. The van der Waals surface area contributed by atoms with E-state index in [0.717, 1.165) is 17.5 Å². The molecule has 0 spiro atoms. The van der Waals surface area contributed by atoms with Crippen molar-refractivity contribution in [3.63, 3.8) is 0 Å². The van der Waals surface area contributed by atoms with Crippen LogP contribution in [0.4, 0.5) is 8.78 Å². The van der Waals surface area contributed by atoms with Gasteiger partial charge < -0.3 is 0 Å². The molecule has 70 valence electrons. The van der Waals surface area contributed by atoms with Crippen molar-refractivity contribution in [1.29, 1.82) is 0 Å². The zero-order valence-electron chi connectivity index (χ0n) is 7.61. The van der Waals surface area contributed by atoms with Gasteiger partial charge in [-0.05, 0) is 30.9 Å². The van der Waals surface area contributed by atoms with Crippen molar-refractivity contribution in [3.05, 3.63) is 34.9 Å². The Kier molecular flexibility index (Phi) is 1.86. The number of hydrogen-bond acceptors (Lipinski definition) is 0. The molecular weight excluding hydrogens is 170 g/mol. The maximum atomic E-state index is 13.5. The smallest absolute Gasteiger partial charge is 0.201 e. The van der Waals surface area contributed by atoms with Crippen LogP contribution < -0.4 is 0 Å². The van der Waals surface area contributed by atoms with Crippen molar-refractivity contribution < 1.29 is 8.78 Å². The summed E-state index contributed by atoms with van der Waals surface area (Å²) < 4.78 is 26.9. The van der Waals surface area contributed by atoms with Gasteiger partial charge in [0.15, 0.2) is 0 Å². The monoisotopic (exact) mass is 182 g/mol. The van der Waals surface area contributed by atoms with Gasteiger partial charge in [-0.25, -0.2) is 8.78 Å². The Bertz CT molecular complexity index is 329. The van der Waals surface area contributed by atoms with Crippen LogP contribution in [0, 0.1) is 6.92 Å². The number of benzene rings is 1. The largest absolute Gasteiger partial charge is 0.273 e. The van der Waals surface area contributed by atoms with Crippen LogP contribution in [0.5, 0.6) is 0 Å². The van der Waals surface area contributed by atoms with Gasteiger partial charge in [0.05, 0.1) is 0 Å². The van der Waals surface area contributed by atoms with Crippen LogP contribution in [-0.2, 0) is 12.3 Å². The zero-order chi connectivity index (χ0) is 9.47. The maximum absolute atomic E-state index is 13.5. The fourth-order valence-corrected chi connectivity index (χ4v) is 2.09. The zero-order valence-corrected chi connectivity index (χ0v) is 7.61. The molecule has 0 nitrogen and oxygen atoms in total. The van der Waals surface area contributed by atoms with Gasteiger partial charge in [0, 0.05) is 12.0 Å². The summed E-state index contributed by atoms with van der Waals surface area (Å²) in [5, 5.41) is 0. The SMILES string of the molecule is Cc1cccc2c1C(F)(F)CCC2. The Balaban J connectivity index is 2.61. The van der Waals surface area contributed by atoms with Crippen molar-refractivity contribution in [2.45, 2.75) is 32.1 Å². The van der Waals surface area contributed by atoms with E-state index in [0.29, 0.717) is 6.42 Å². The normalized spacial score (nSPS) is 19.6. The molecule has 1 aromatic carbocycles. The van der Waals surface area contributed by atoms with Gasteiger partial charge in [-0.1, -0.05) is 18.2 Å². The van der Waals surface area contributed by atoms with Crippen LogP contribution in [0.3, 0.4) is 0 Å². The van der Waals surface area contributed by atoms with E-state index in [2.05, 4.69) is 0 Å². The number of fused-ring (bicyclic) bond motifs is 1. The highest BCUT2D eigenvalue weighted by molar-refractivity contribution is 5.39. The predicted octanol–water partition coefficient (Wildman–Crippen LogP) is 3.42. The molecule has 0 heterocycles. The second-order valence-electron chi connectivity index (χ2n) is 3.67. The average molecular weight is 182 g/mol. The van der Waals surface area contributed by atoms with E-state index in [-0.39, 0.29) is 12.0 Å². The quantitative estimate of drug-likeness (QED) is 0.576. The third-order valence-corrected chi connectivity index (χ3v) is 2.66. The first-order valence-corrected chi connectivity index (χ1v) is 4.58. The molecule has 0 aromatic heterocycles. The summed E-state index contributed by atoms with van der Waals surface area (Å²) in [5.74, 6) is -2.60. The Hall–Kier alpha value is -0.920. The van der Waals surface area contributed by atoms with E-state index in [9.17, 15) is 8.78 Å². The fraction of sp³-hybridized carbons (Fsp3) is 0.455. The highest BCUT2D eigenvalue weighted by Crippen LogP contribution is 2.41. The number of hydrogen-bond donors (Lipinski definition) is 0. The van der Waals surface area contributed by atoms with Crippen molar-refractivity contribution in [3.8, 4) is 0 Å². The minimum atomic E-state index is -2.60. The lowest BCUT2D eigenvalue weighted by Gasteiger charge is -2.26. The molecule has 2 heteroatoms. The summed E-state index contributed by atoms with van der Waals surface area (Å²) in [6, 6.07) is 5.43. The van der Waals surface area contributed by atoms with E-state index in [4.69, 9.17) is 0 Å². The minimum Gasteiger partial charge on any atom is -0.201 e. The third-order valence-electron chi connectivity index (χ3n) is 2.66. The Morgan fingerprint density at radius 2 is 2.08 bits per heavy atom. The van der Waals surface area contributed by atoms with Crippen LogP contribution in [0.15, 0.2) is 18.2 Å². The first kappa shape index (κ1) is 8.67. The standard InChI is InChI=1S/C11H12F2/c1-8-4-2-5-9-6-3-7-11(12,13)10(8)9/h2,4-5H,3,6-7H2,1H3. The molecule has 0 bridgehead atoms. The second kappa shape index (κ2) is 2.79. The first-order valence-electron chi connectivity index (χ1n) is 4.58. The van der Waals surface area contributed by atoms with Gasteiger partial charge in [-0.3, -0.25) is 0 Å². The highest BCUT2D eigenvalue weighted by Gasteiger charge is 2.37. The summed E-state index contributed by atoms with van der Waals surface area (Å²) >= 11 is 0. The molecule has 1 aliphatic carbocycles. The molecule has 0 unspecified atom stereocenters. The number of rotatable bonds is 0. The van der Waals surface area contributed by atoms with Crippen LogP contribution >= 0.6 is 0 Å². The lowest BCUT2D eigenvalue weighted by Crippen LogP contribution is -2.22. The van der Waals surface area contributed by atoms with Crippen molar-refractivity contribution in [1.82, 2.24) is 0 Å². The van der Waals surface area contributed by atoms with E-state index < -0.39 is 5.92 Å². The van der Waals surface area contributed by atoms with Gasteiger partial charge in [0.2, 0.25) is 0 Å². The number of alkyl halides is 2. The van der Waals surface area contributed by atoms with E-state index in [1.807, 2.05) is 12.1 Å². The van der Waals surface area contributed by atoms with Gasteiger partial charge in [-0.15, -0.1) is 0 Å². The summed E-state index contributed by atoms with van der Waals surface area (Å²) in [7, 11) is 0. The lowest BCUT2D eigenvalue weighted by atomic mass is 9.86. The maximum Gasteiger partial charge on any atom is 0.273 e. The van der Waals surface area contributed by atoms with Crippen LogP contribution in [0.25, 0.3) is 0 Å². The fourth-order valence-electron chi connectivity index (χ4n) is 2.09. The summed E-state index contributed by atoms with van der Waals surface area (Å²) in [6.07, 6.45) is 1.40. The minimum absolute atomic E-state index is 0.00481. The molecule has 0 aliphatic heterocycles. The molecule has 2 rings (SSSR count). The molecule has 0 N–H and O–H groups in total. The molecular formula is C11H12F2. The lowest BCUT2D eigenvalue weighted by molar-refractivity contribution is -0.0222. The van der Waals surface area contributed by atoms with Gasteiger partial charge in [0.1, 0.15) is 0 Å². The average Bonchev–Trinajstić information content (AvgIpc) is 2.02. The van der Waals surface area contributed by atoms with Gasteiger partial charge >= 0.3 is 0 Å². The Morgan fingerprint density at radius 3 is 2.77 bits per heavy atom. The molecule has 0 saturated heterocycles. The predicted molar refractivity (Wildman–Crippen MR) is 48.0 cm³/mol. The van der Waals surface area contributed by atoms with Crippen LogP contribution in [-0.4, -0.2) is 0 Å². The van der Waals surface area contributed by atoms with E-state index in [1.54, 1.807) is 13.0 Å². The number of halogens is 2. The molecule has 1 aliphatic rings. The molecule has 0 atom stereocenters. The highest BCUT2D eigenvalue weighted by atomic mass is 19.3. The molecule has 0 saturated carbocycles. The molecule has 1 aromatic rings. The third kappa shape index (κ3) is 1.34.